The van der Waals surface area contributed by atoms with Gasteiger partial charge in [0.25, 0.3) is 0 Å². The van der Waals surface area contributed by atoms with Crippen LogP contribution in [-0.2, 0) is 19.1 Å². The molecule has 1 fully saturated rings. The summed E-state index contributed by atoms with van der Waals surface area (Å²) in [6, 6.07) is 0.366. The maximum Gasteiger partial charge on any atom is 0.311 e. The first kappa shape index (κ1) is 21.9. The van der Waals surface area contributed by atoms with Crippen LogP contribution >= 0.6 is 0 Å². The third kappa shape index (κ3) is 8.21. The van der Waals surface area contributed by atoms with Crippen molar-refractivity contribution >= 4 is 11.9 Å². The van der Waals surface area contributed by atoms with Crippen molar-refractivity contribution in [1.29, 1.82) is 0 Å². The molecule has 5 heteroatoms. The molecule has 0 bridgehead atoms. The van der Waals surface area contributed by atoms with Crippen molar-refractivity contribution in [2.75, 3.05) is 13.2 Å². The van der Waals surface area contributed by atoms with Crippen LogP contribution in [0.5, 0.6) is 0 Å². The lowest BCUT2D eigenvalue weighted by Crippen LogP contribution is -2.35. The fourth-order valence-electron chi connectivity index (χ4n) is 3.22. The summed E-state index contributed by atoms with van der Waals surface area (Å²) in [5, 5.41) is 3.22. The summed E-state index contributed by atoms with van der Waals surface area (Å²) >= 11 is 0. The molecule has 1 rings (SSSR count). The highest BCUT2D eigenvalue weighted by Gasteiger charge is 2.35. The summed E-state index contributed by atoms with van der Waals surface area (Å²) in [4.78, 5) is 24.9. The molecular weight excluding hydrogens is 318 g/mol. The molecule has 1 N–H and O–H groups in total. The maximum absolute atomic E-state index is 12.5. The van der Waals surface area contributed by atoms with Crippen LogP contribution in [-0.4, -0.2) is 37.2 Å². The van der Waals surface area contributed by atoms with Gasteiger partial charge in [0.15, 0.2) is 0 Å². The van der Waals surface area contributed by atoms with Crippen molar-refractivity contribution < 1.29 is 19.1 Å². The Hall–Kier alpha value is -1.10. The molecule has 146 valence electrons. The Morgan fingerprint density at radius 1 is 1.16 bits per heavy atom. The summed E-state index contributed by atoms with van der Waals surface area (Å²) in [5.74, 6) is -0.656. The molecule has 1 atom stereocenters. The Morgan fingerprint density at radius 2 is 1.80 bits per heavy atom. The summed E-state index contributed by atoms with van der Waals surface area (Å²) in [6.45, 7) is 10.8. The lowest BCUT2D eigenvalue weighted by Gasteiger charge is -2.28. The van der Waals surface area contributed by atoms with Gasteiger partial charge in [-0.15, -0.1) is 0 Å². The Morgan fingerprint density at radius 3 is 2.36 bits per heavy atom. The Labute approximate surface area is 153 Å². The minimum atomic E-state index is -0.690. The molecule has 0 aromatic heterocycles. The number of carbonyl (C=O) groups excluding carboxylic acids is 2. The van der Waals surface area contributed by atoms with E-state index in [0.717, 1.165) is 25.7 Å². The zero-order valence-electron chi connectivity index (χ0n) is 16.7. The second-order valence-corrected chi connectivity index (χ2v) is 8.13. The lowest BCUT2D eigenvalue weighted by molar-refractivity contribution is -0.160. The normalized spacial score (nSPS) is 17.4. The summed E-state index contributed by atoms with van der Waals surface area (Å²) in [5.41, 5.74) is -0.690. The fourth-order valence-corrected chi connectivity index (χ4v) is 3.22. The van der Waals surface area contributed by atoms with Crippen LogP contribution in [0.3, 0.4) is 0 Å². The number of hydrogen-bond acceptors (Lipinski definition) is 5. The van der Waals surface area contributed by atoms with Gasteiger partial charge in [-0.1, -0.05) is 27.2 Å². The van der Waals surface area contributed by atoms with Gasteiger partial charge in [0.1, 0.15) is 12.7 Å². The van der Waals surface area contributed by atoms with Gasteiger partial charge < -0.3 is 14.8 Å². The van der Waals surface area contributed by atoms with E-state index in [9.17, 15) is 9.59 Å². The Balaban J connectivity index is 2.46. The molecule has 0 heterocycles. The number of ether oxygens (including phenoxy) is 2. The Kier molecular flexibility index (Phi) is 9.47. The first-order valence-electron chi connectivity index (χ1n) is 9.87. The first-order valence-corrected chi connectivity index (χ1v) is 9.87. The van der Waals surface area contributed by atoms with Crippen LogP contribution in [0.1, 0.15) is 79.6 Å². The second kappa shape index (κ2) is 10.8. The zero-order valence-corrected chi connectivity index (χ0v) is 16.7. The molecule has 0 aliphatic heterocycles. The molecule has 5 nitrogen and oxygen atoms in total. The van der Waals surface area contributed by atoms with E-state index in [0.29, 0.717) is 32.0 Å². The highest BCUT2D eigenvalue weighted by molar-refractivity contribution is 5.78. The highest BCUT2D eigenvalue weighted by atomic mass is 16.5. The van der Waals surface area contributed by atoms with Gasteiger partial charge >= 0.3 is 11.9 Å². The van der Waals surface area contributed by atoms with Crippen molar-refractivity contribution in [2.24, 2.45) is 11.3 Å². The number of nitrogens with one attached hydrogen (secondary N) is 1. The maximum atomic E-state index is 12.5. The average Bonchev–Trinajstić information content (AvgIpc) is 2.57. The van der Waals surface area contributed by atoms with Gasteiger partial charge in [-0.25, -0.2) is 0 Å². The van der Waals surface area contributed by atoms with E-state index in [1.54, 1.807) is 0 Å². The van der Waals surface area contributed by atoms with E-state index in [1.807, 2.05) is 20.8 Å². The summed E-state index contributed by atoms with van der Waals surface area (Å²) < 4.78 is 11.1. The third-order valence-electron chi connectivity index (χ3n) is 4.86. The summed E-state index contributed by atoms with van der Waals surface area (Å²) in [6.07, 6.45) is 6.65. The van der Waals surface area contributed by atoms with E-state index in [4.69, 9.17) is 9.47 Å². The highest BCUT2D eigenvalue weighted by Crippen LogP contribution is 2.30. The molecule has 0 spiro atoms. The van der Waals surface area contributed by atoms with Crippen LogP contribution in [0.15, 0.2) is 0 Å². The van der Waals surface area contributed by atoms with Crippen molar-refractivity contribution in [2.45, 2.75) is 91.7 Å². The number of esters is 2. The van der Waals surface area contributed by atoms with Crippen LogP contribution < -0.4 is 5.32 Å². The molecular formula is C20H37NO4. The predicted octanol–water partition coefficient (Wildman–Crippen LogP) is 3.85. The third-order valence-corrected chi connectivity index (χ3v) is 4.86. The Bertz CT molecular complexity index is 414. The topological polar surface area (TPSA) is 64.6 Å². The van der Waals surface area contributed by atoms with Gasteiger partial charge in [0.2, 0.25) is 0 Å². The average molecular weight is 356 g/mol. The first-order chi connectivity index (χ1) is 11.8. The van der Waals surface area contributed by atoms with E-state index in [1.165, 1.54) is 6.42 Å². The molecule has 0 saturated heterocycles. The number of hydrogen-bond donors (Lipinski definition) is 1. The number of rotatable bonds is 10. The van der Waals surface area contributed by atoms with Crippen LogP contribution in [0.2, 0.25) is 0 Å². The molecule has 0 amide bonds. The van der Waals surface area contributed by atoms with E-state index < -0.39 is 5.41 Å². The van der Waals surface area contributed by atoms with E-state index >= 15 is 0 Å². The molecule has 25 heavy (non-hydrogen) atoms. The molecule has 1 unspecified atom stereocenters. The summed E-state index contributed by atoms with van der Waals surface area (Å²) in [7, 11) is 0. The number of carbonyl (C=O) groups is 2. The lowest BCUT2D eigenvalue weighted by atomic mass is 9.81. The standard InChI is InChI=1S/C20H37NO4/c1-6-16(18(22)25-17-10-8-7-9-11-17)14-20(4,5)19(23)24-13-12-21-15(2)3/h15-17,21H,6-14H2,1-5H3. The minimum Gasteiger partial charge on any atom is -0.464 e. The predicted molar refractivity (Wildman–Crippen MR) is 99.2 cm³/mol. The smallest absolute Gasteiger partial charge is 0.311 e. The molecule has 1 aliphatic rings. The second-order valence-electron chi connectivity index (χ2n) is 8.13. The molecule has 1 aliphatic carbocycles. The molecule has 0 aromatic carbocycles. The van der Waals surface area contributed by atoms with Crippen molar-refractivity contribution in [3.05, 3.63) is 0 Å². The van der Waals surface area contributed by atoms with Gasteiger partial charge in [0, 0.05) is 12.6 Å². The van der Waals surface area contributed by atoms with Crippen molar-refractivity contribution in [1.82, 2.24) is 5.32 Å². The van der Waals surface area contributed by atoms with E-state index in [2.05, 4.69) is 19.2 Å². The largest absolute Gasteiger partial charge is 0.464 e. The minimum absolute atomic E-state index is 0.0625. The van der Waals surface area contributed by atoms with Gasteiger partial charge in [-0.2, -0.15) is 0 Å². The van der Waals surface area contributed by atoms with Crippen LogP contribution in [0, 0.1) is 11.3 Å². The van der Waals surface area contributed by atoms with E-state index in [-0.39, 0.29) is 24.0 Å². The molecule has 1 saturated carbocycles. The molecule has 0 aromatic rings. The van der Waals surface area contributed by atoms with Gasteiger partial charge in [-0.3, -0.25) is 9.59 Å². The van der Waals surface area contributed by atoms with Crippen molar-refractivity contribution in [3.8, 4) is 0 Å². The van der Waals surface area contributed by atoms with Gasteiger partial charge in [0.05, 0.1) is 11.3 Å². The zero-order chi connectivity index (χ0) is 18.9. The van der Waals surface area contributed by atoms with Crippen LogP contribution in [0.25, 0.3) is 0 Å². The van der Waals surface area contributed by atoms with Gasteiger partial charge in [-0.05, 0) is 52.4 Å². The fraction of sp³-hybridized carbons (Fsp3) is 0.900. The monoisotopic (exact) mass is 355 g/mol. The molecule has 0 radical (unpaired) electrons. The SMILES string of the molecule is CCC(CC(C)(C)C(=O)OCCNC(C)C)C(=O)OC1CCCCC1. The van der Waals surface area contributed by atoms with Crippen molar-refractivity contribution in [3.63, 3.8) is 0 Å². The van der Waals surface area contributed by atoms with Crippen LogP contribution in [0.4, 0.5) is 0 Å². The quantitative estimate of drug-likeness (QED) is 0.476.